The van der Waals surface area contributed by atoms with Crippen LogP contribution in [0, 0.1) is 0 Å². The average molecular weight is 359 g/mol. The zero-order valence-corrected chi connectivity index (χ0v) is 15.4. The lowest BCUT2D eigenvalue weighted by molar-refractivity contribution is 0.0157. The number of nitrogens with zero attached hydrogens (tertiary/aromatic N) is 1. The fourth-order valence-electron chi connectivity index (χ4n) is 4.19. The van der Waals surface area contributed by atoms with Crippen LogP contribution in [-0.4, -0.2) is 47.2 Å². The third-order valence-corrected chi connectivity index (χ3v) is 5.36. The van der Waals surface area contributed by atoms with Crippen LogP contribution in [0.2, 0.25) is 0 Å². The van der Waals surface area contributed by atoms with Crippen molar-refractivity contribution in [3.63, 3.8) is 0 Å². The van der Waals surface area contributed by atoms with Crippen LogP contribution in [0.4, 0.5) is 4.79 Å². The molecule has 1 saturated heterocycles. The molecule has 1 aromatic rings. The van der Waals surface area contributed by atoms with Crippen LogP contribution in [0.5, 0.6) is 11.5 Å². The molecule has 1 aliphatic carbocycles. The largest absolute Gasteiger partial charge is 0.454 e. The van der Waals surface area contributed by atoms with Crippen molar-refractivity contribution < 1.29 is 24.1 Å². The molecule has 1 fully saturated rings. The summed E-state index contributed by atoms with van der Waals surface area (Å²) in [5, 5.41) is 10.2. The number of ether oxygens (including phenoxy) is 3. The SMILES string of the molecule is CC(C)(C)OC(=O)N1CC[C@]2(c3ccc4c(c3)OCO4)C=C[C@H](O)C[C@H]12. The molecule has 6 nitrogen and oxygen atoms in total. The standard InChI is InChI=1S/C20H25NO5/c1-19(2,3)26-18(23)21-9-8-20(7-6-14(22)11-17(20)21)13-4-5-15-16(10-13)25-12-24-15/h4-7,10,14,17,22H,8-9,11-12H2,1-3H3/t14-,17-,20-/m0/s1. The number of rotatable bonds is 1. The van der Waals surface area contributed by atoms with E-state index in [-0.39, 0.29) is 24.3 Å². The predicted molar refractivity (Wildman–Crippen MR) is 95.4 cm³/mol. The number of likely N-dealkylation sites (tertiary alicyclic amines) is 1. The second-order valence-electron chi connectivity index (χ2n) is 8.21. The molecule has 3 atom stereocenters. The molecule has 1 aromatic carbocycles. The van der Waals surface area contributed by atoms with Gasteiger partial charge >= 0.3 is 6.09 Å². The summed E-state index contributed by atoms with van der Waals surface area (Å²) in [6.45, 7) is 6.41. The van der Waals surface area contributed by atoms with Gasteiger partial charge in [0.2, 0.25) is 6.79 Å². The summed E-state index contributed by atoms with van der Waals surface area (Å²) in [7, 11) is 0. The molecule has 0 bridgehead atoms. The molecule has 2 heterocycles. The van der Waals surface area contributed by atoms with Gasteiger partial charge in [0.05, 0.1) is 12.1 Å². The number of benzene rings is 1. The Balaban J connectivity index is 1.69. The maximum Gasteiger partial charge on any atom is 0.410 e. The maximum absolute atomic E-state index is 12.7. The Hall–Kier alpha value is -2.21. The first-order chi connectivity index (χ1) is 12.3. The molecule has 0 saturated carbocycles. The first-order valence-corrected chi connectivity index (χ1v) is 9.06. The highest BCUT2D eigenvalue weighted by atomic mass is 16.7. The number of carbonyl (C=O) groups excluding carboxylic acids is 1. The number of aliphatic hydroxyl groups excluding tert-OH is 1. The monoisotopic (exact) mass is 359 g/mol. The van der Waals surface area contributed by atoms with Crippen LogP contribution >= 0.6 is 0 Å². The molecule has 4 rings (SSSR count). The van der Waals surface area contributed by atoms with Crippen molar-refractivity contribution in [3.05, 3.63) is 35.9 Å². The minimum Gasteiger partial charge on any atom is -0.454 e. The molecule has 140 valence electrons. The van der Waals surface area contributed by atoms with Crippen molar-refractivity contribution in [1.29, 1.82) is 0 Å². The Morgan fingerprint density at radius 3 is 2.85 bits per heavy atom. The maximum atomic E-state index is 12.7. The van der Waals surface area contributed by atoms with E-state index in [1.165, 1.54) is 0 Å². The Kier molecular flexibility index (Phi) is 3.91. The molecule has 1 N–H and O–H groups in total. The highest BCUT2D eigenvalue weighted by Gasteiger charge is 2.51. The topological polar surface area (TPSA) is 68.2 Å². The molecule has 3 aliphatic rings. The molecule has 0 aromatic heterocycles. The summed E-state index contributed by atoms with van der Waals surface area (Å²) in [4.78, 5) is 14.5. The summed E-state index contributed by atoms with van der Waals surface area (Å²) in [6, 6.07) is 5.79. The van der Waals surface area contributed by atoms with Crippen LogP contribution in [0.25, 0.3) is 0 Å². The van der Waals surface area contributed by atoms with Gasteiger partial charge < -0.3 is 24.2 Å². The van der Waals surface area contributed by atoms with E-state index in [0.29, 0.717) is 13.0 Å². The van der Waals surface area contributed by atoms with Crippen molar-refractivity contribution in [3.8, 4) is 11.5 Å². The van der Waals surface area contributed by atoms with Gasteiger partial charge in [-0.2, -0.15) is 0 Å². The lowest BCUT2D eigenvalue weighted by Crippen LogP contribution is -2.49. The van der Waals surface area contributed by atoms with Crippen LogP contribution < -0.4 is 9.47 Å². The summed E-state index contributed by atoms with van der Waals surface area (Å²) < 4.78 is 16.5. The fourth-order valence-corrected chi connectivity index (χ4v) is 4.19. The molecular formula is C20H25NO5. The van der Waals surface area contributed by atoms with Crippen molar-refractivity contribution in [2.24, 2.45) is 0 Å². The van der Waals surface area contributed by atoms with Gasteiger partial charge in [-0.3, -0.25) is 0 Å². The first-order valence-electron chi connectivity index (χ1n) is 9.06. The molecule has 0 spiro atoms. The number of fused-ring (bicyclic) bond motifs is 2. The van der Waals surface area contributed by atoms with Crippen LogP contribution in [0.15, 0.2) is 30.4 Å². The number of hydrogen-bond donors (Lipinski definition) is 1. The Morgan fingerprint density at radius 1 is 1.31 bits per heavy atom. The highest BCUT2D eigenvalue weighted by molar-refractivity contribution is 5.70. The normalized spacial score (nSPS) is 29.6. The van der Waals surface area contributed by atoms with Crippen molar-refractivity contribution in [1.82, 2.24) is 4.90 Å². The zero-order valence-electron chi connectivity index (χ0n) is 15.4. The van der Waals surface area contributed by atoms with E-state index in [1.807, 2.05) is 51.1 Å². The van der Waals surface area contributed by atoms with Crippen molar-refractivity contribution >= 4 is 6.09 Å². The van der Waals surface area contributed by atoms with E-state index in [0.717, 1.165) is 23.5 Å². The zero-order chi connectivity index (χ0) is 18.5. The number of aliphatic hydroxyl groups is 1. The van der Waals surface area contributed by atoms with E-state index >= 15 is 0 Å². The number of carbonyl (C=O) groups is 1. The molecule has 0 unspecified atom stereocenters. The van der Waals surface area contributed by atoms with E-state index in [4.69, 9.17) is 14.2 Å². The van der Waals surface area contributed by atoms with Gasteiger partial charge in [-0.15, -0.1) is 0 Å². The van der Waals surface area contributed by atoms with Crippen molar-refractivity contribution in [2.75, 3.05) is 13.3 Å². The smallest absolute Gasteiger partial charge is 0.410 e. The minimum atomic E-state index is -0.565. The predicted octanol–water partition coefficient (Wildman–Crippen LogP) is 2.98. The van der Waals surface area contributed by atoms with Gasteiger partial charge in [-0.05, 0) is 51.3 Å². The highest BCUT2D eigenvalue weighted by Crippen LogP contribution is 2.48. The lowest BCUT2D eigenvalue weighted by Gasteiger charge is -2.40. The van der Waals surface area contributed by atoms with Gasteiger partial charge in [0.1, 0.15) is 5.60 Å². The molecular weight excluding hydrogens is 334 g/mol. The Bertz CT molecular complexity index is 753. The summed E-state index contributed by atoms with van der Waals surface area (Å²) in [5.41, 5.74) is 0.169. The molecule has 26 heavy (non-hydrogen) atoms. The van der Waals surface area contributed by atoms with Crippen LogP contribution in [0.1, 0.15) is 39.2 Å². The van der Waals surface area contributed by atoms with E-state index in [1.54, 1.807) is 4.90 Å². The Labute approximate surface area is 153 Å². The number of amides is 1. The summed E-state index contributed by atoms with van der Waals surface area (Å²) in [6.07, 6.45) is 4.26. The quantitative estimate of drug-likeness (QED) is 0.781. The second kappa shape index (κ2) is 5.91. The molecule has 2 aliphatic heterocycles. The van der Waals surface area contributed by atoms with Gasteiger partial charge in [0.15, 0.2) is 11.5 Å². The average Bonchev–Trinajstić information content (AvgIpc) is 3.17. The molecule has 1 amide bonds. The van der Waals surface area contributed by atoms with Gasteiger partial charge in [-0.1, -0.05) is 18.2 Å². The van der Waals surface area contributed by atoms with Crippen molar-refractivity contribution in [2.45, 2.75) is 56.8 Å². The van der Waals surface area contributed by atoms with E-state index in [2.05, 4.69) is 0 Å². The van der Waals surface area contributed by atoms with Crippen LogP contribution in [0.3, 0.4) is 0 Å². The molecule has 0 radical (unpaired) electrons. The van der Waals surface area contributed by atoms with Gasteiger partial charge in [-0.25, -0.2) is 4.79 Å². The van der Waals surface area contributed by atoms with Gasteiger partial charge in [0.25, 0.3) is 0 Å². The third kappa shape index (κ3) is 2.82. The Morgan fingerprint density at radius 2 is 2.08 bits per heavy atom. The fraction of sp³-hybridized carbons (Fsp3) is 0.550. The third-order valence-electron chi connectivity index (χ3n) is 5.36. The number of hydrogen-bond acceptors (Lipinski definition) is 5. The van der Waals surface area contributed by atoms with E-state index in [9.17, 15) is 9.90 Å². The van der Waals surface area contributed by atoms with Gasteiger partial charge in [0, 0.05) is 12.0 Å². The lowest BCUT2D eigenvalue weighted by atomic mass is 9.69. The second-order valence-corrected chi connectivity index (χ2v) is 8.21. The van der Waals surface area contributed by atoms with Crippen LogP contribution in [-0.2, 0) is 10.2 Å². The summed E-state index contributed by atoms with van der Waals surface area (Å²) in [5.74, 6) is 1.47. The minimum absolute atomic E-state index is 0.155. The summed E-state index contributed by atoms with van der Waals surface area (Å²) >= 11 is 0. The first kappa shape index (κ1) is 17.2. The molecule has 6 heteroatoms. The van der Waals surface area contributed by atoms with E-state index < -0.39 is 11.7 Å².